The maximum absolute atomic E-state index is 16.2. The van der Waals surface area contributed by atoms with Crippen molar-refractivity contribution in [3.05, 3.63) is 34.3 Å². The lowest BCUT2D eigenvalue weighted by atomic mass is 9.81. The smallest absolute Gasteiger partial charge is 0.343 e. The fraction of sp³-hybridized carbons (Fsp3) is 0.753. The molecule has 103 heavy (non-hydrogen) atoms. The van der Waals surface area contributed by atoms with E-state index in [-0.39, 0.29) is 49.5 Å². The molecule has 0 aromatic heterocycles. The molecule has 0 radical (unpaired) electrons. The summed E-state index contributed by atoms with van der Waals surface area (Å²) >= 11 is 6.11. The van der Waals surface area contributed by atoms with E-state index in [1.807, 2.05) is 20.8 Å². The van der Waals surface area contributed by atoms with Gasteiger partial charge in [-0.1, -0.05) is 116 Å². The highest BCUT2D eigenvalue weighted by atomic mass is 35.5. The molecule has 0 unspecified atom stereocenters. The Balaban J connectivity index is 1.31. The molecule has 8 atom stereocenters. The van der Waals surface area contributed by atoms with Crippen LogP contribution < -0.4 is 16.0 Å². The second-order valence-corrected chi connectivity index (χ2v) is 30.9. The van der Waals surface area contributed by atoms with Crippen LogP contribution in [-0.2, 0) is 70.1 Å². The number of nitrogens with zero attached hydrogens (tertiary/aromatic N) is 9. The molecule has 24 nitrogen and oxygen atoms in total. The summed E-state index contributed by atoms with van der Waals surface area (Å²) in [6.45, 7) is 4.63. The molecule has 576 valence electrons. The highest BCUT2D eigenvalue weighted by Crippen LogP contribution is 2.40. The lowest BCUT2D eigenvalue weighted by Crippen LogP contribution is -2.65. The zero-order valence-electron chi connectivity index (χ0n) is 62.0. The molecule has 3 heterocycles. The summed E-state index contributed by atoms with van der Waals surface area (Å²) in [7, 11) is 9.58. The van der Waals surface area contributed by atoms with E-state index < -0.39 is 199 Å². The molecule has 3 aliphatic heterocycles. The molecule has 3 N–H and O–H groups in total. The predicted molar refractivity (Wildman–Crippen MR) is 374 cm³/mol. The van der Waals surface area contributed by atoms with E-state index in [4.69, 9.17) is 11.6 Å². The number of carbonyl (C=O) groups excluding carboxylic acids is 12. The van der Waals surface area contributed by atoms with E-state index in [0.29, 0.717) is 75.8 Å². The van der Waals surface area contributed by atoms with Gasteiger partial charge in [0.05, 0.1) is 43.2 Å². The summed E-state index contributed by atoms with van der Waals surface area (Å²) in [6.07, 6.45) is 3.19. The van der Waals surface area contributed by atoms with Crippen molar-refractivity contribution in [3.8, 4) is 0 Å². The van der Waals surface area contributed by atoms with Gasteiger partial charge in [-0.25, -0.2) is 8.78 Å². The fourth-order valence-corrected chi connectivity index (χ4v) is 16.1. The Morgan fingerprint density at radius 2 is 1.22 bits per heavy atom. The summed E-state index contributed by atoms with van der Waals surface area (Å²) < 4.78 is 74.0. The van der Waals surface area contributed by atoms with Gasteiger partial charge in [0, 0.05) is 68.8 Å². The van der Waals surface area contributed by atoms with E-state index in [1.54, 1.807) is 11.8 Å². The third-order valence-corrected chi connectivity index (χ3v) is 22.7. The molecule has 6 aliphatic rings. The minimum absolute atomic E-state index is 0.0197. The lowest BCUT2D eigenvalue weighted by molar-refractivity contribution is -0.157. The number of likely N-dealkylation sites (N-methyl/N-ethyl adjacent to an activating group) is 7. The molecule has 1 aromatic carbocycles. The largest absolute Gasteiger partial charge is 0.417 e. The van der Waals surface area contributed by atoms with E-state index in [0.717, 1.165) is 77.8 Å². The molecule has 30 heteroatoms. The number of hydrogen-bond donors (Lipinski definition) is 3. The van der Waals surface area contributed by atoms with Crippen LogP contribution in [0.5, 0.6) is 0 Å². The van der Waals surface area contributed by atoms with Gasteiger partial charge < -0.3 is 60.0 Å². The van der Waals surface area contributed by atoms with Crippen molar-refractivity contribution in [1.29, 1.82) is 0 Å². The van der Waals surface area contributed by atoms with Crippen LogP contribution in [0.2, 0.25) is 5.02 Å². The monoisotopic (exact) mass is 1480 g/mol. The topological polar surface area (TPSA) is 270 Å². The van der Waals surface area contributed by atoms with Crippen LogP contribution in [0.3, 0.4) is 0 Å². The molecule has 3 saturated heterocycles. The molecule has 1 spiro atoms. The van der Waals surface area contributed by atoms with Crippen molar-refractivity contribution >= 4 is 82.5 Å². The lowest BCUT2D eigenvalue weighted by Gasteiger charge is -2.43. The van der Waals surface area contributed by atoms with Gasteiger partial charge in [-0.2, -0.15) is 13.2 Å². The Kier molecular flexibility index (Phi) is 29.2. The number of fused-ring (bicyclic) bond motifs is 1. The van der Waals surface area contributed by atoms with Crippen molar-refractivity contribution in [3.63, 3.8) is 0 Å². The summed E-state index contributed by atoms with van der Waals surface area (Å²) in [4.78, 5) is 190. The van der Waals surface area contributed by atoms with Gasteiger partial charge in [-0.05, 0) is 112 Å². The van der Waals surface area contributed by atoms with Gasteiger partial charge in [0.15, 0.2) is 0 Å². The molecule has 3 saturated carbocycles. The number of nitrogens with one attached hydrogen (secondary N) is 3. The van der Waals surface area contributed by atoms with Crippen molar-refractivity contribution in [2.45, 2.75) is 242 Å². The number of halogens is 6. The number of aryl methyl sites for hydroxylation is 1. The zero-order valence-corrected chi connectivity index (χ0v) is 62.7. The Morgan fingerprint density at radius 1 is 0.641 bits per heavy atom. The number of carbonyl (C=O) groups is 12. The van der Waals surface area contributed by atoms with Crippen molar-refractivity contribution < 1.29 is 79.5 Å². The summed E-state index contributed by atoms with van der Waals surface area (Å²) in [5, 5.41) is 7.55. The van der Waals surface area contributed by atoms with Crippen LogP contribution >= 0.6 is 11.6 Å². The number of piperidine rings is 1. The van der Waals surface area contributed by atoms with Gasteiger partial charge in [-0.15, -0.1) is 0 Å². The number of hydrogen-bond acceptors (Lipinski definition) is 12. The quantitative estimate of drug-likeness (QED) is 0.196. The molecular weight excluding hydrogens is 1370 g/mol. The summed E-state index contributed by atoms with van der Waals surface area (Å²) in [6, 6.07) is -7.38. The SMILES string of the molecule is CC[C@H](C)[C@@H]1NC(=O)[C@H](CC(C)C)N(C)C(=O)C[C@@H](C(=O)N2CCCCC2)N(C)C(=O)[C@H](C2CCCCC2)N(C)C(=O)C2(CCCC2)NC(=O)[C@@H]2CC(F)(F)CN2C(=O)[C@H](CCc2ccc(C(F)(F)F)c(Cl)c2)NC(=O)CN(C)C(=O)[C@H](CC2CCCCC2)N(C)C(=O)CN(C)C(=O)CN(C)C1=O. The predicted octanol–water partition coefficient (Wildman–Crippen LogP) is 6.67. The average Bonchev–Trinajstić information content (AvgIpc) is 1.71. The van der Waals surface area contributed by atoms with E-state index >= 15 is 37.5 Å². The average molecular weight is 1480 g/mol. The van der Waals surface area contributed by atoms with Gasteiger partial charge in [-0.3, -0.25) is 57.5 Å². The number of rotatable bonds is 11. The van der Waals surface area contributed by atoms with E-state index in [2.05, 4.69) is 16.0 Å². The molecule has 7 rings (SSSR count). The standard InChI is InChI=1S/C73H110ClF5N12O12/c1-12-46(4)61-68(101)85(7)42-59(94)83(5)43-60(95)87(9)54(38-47-24-16-13-17-25-47)66(99)84(6)41-57(92)80-52(31-29-48-28-30-50(51(74)37-48)73(77,78)79)65(98)91-44-72(75,76)40-56(91)64(97)82-71(32-20-21-33-71)70(103)89(11)62(49-26-18-14-19-27-49)69(102)88(10)55(67(100)90-34-22-15-23-35-90)39-58(93)86(8)53(36-45(2)3)63(96)81-61/h28,30,37,45-47,49,52-56,61-62H,12-27,29,31-36,38-44H2,1-11H3,(H,80,92)(H,81,96)(H,82,97)/t46-,52-,53-,54-,55-,56-,61-,62-/m0/s1. The Labute approximate surface area is 607 Å². The summed E-state index contributed by atoms with van der Waals surface area (Å²) in [5.74, 6) is -14.5. The first-order valence-corrected chi connectivity index (χ1v) is 37.3. The van der Waals surface area contributed by atoms with Crippen LogP contribution in [0.25, 0.3) is 0 Å². The van der Waals surface area contributed by atoms with Crippen molar-refractivity contribution in [2.75, 3.05) is 88.6 Å². The maximum atomic E-state index is 16.2. The van der Waals surface area contributed by atoms with Gasteiger partial charge in [0.25, 0.3) is 5.92 Å². The van der Waals surface area contributed by atoms with E-state index in [9.17, 15) is 41.9 Å². The zero-order chi connectivity index (χ0) is 76.2. The molecule has 3 aliphatic carbocycles. The molecular formula is C73H110ClF5N12O12. The Morgan fingerprint density at radius 3 is 1.82 bits per heavy atom. The molecule has 1 aromatic rings. The third-order valence-electron chi connectivity index (χ3n) is 22.4. The normalized spacial score (nSPS) is 27.0. The number of likely N-dealkylation sites (tertiary alicyclic amines) is 1. The first kappa shape index (κ1) is 83.1. The van der Waals surface area contributed by atoms with Gasteiger partial charge >= 0.3 is 6.18 Å². The maximum Gasteiger partial charge on any atom is 0.417 e. The van der Waals surface area contributed by atoms with Gasteiger partial charge in [0.2, 0.25) is 70.9 Å². The Hall–Kier alpha value is -7.20. The number of benzene rings is 1. The highest BCUT2D eigenvalue weighted by molar-refractivity contribution is 6.31. The first-order valence-electron chi connectivity index (χ1n) is 36.9. The molecule has 12 amide bonds. The minimum atomic E-state index is -4.84. The molecule has 6 fully saturated rings. The van der Waals surface area contributed by atoms with Crippen LogP contribution in [-0.4, -0.2) is 257 Å². The second-order valence-electron chi connectivity index (χ2n) is 30.5. The van der Waals surface area contributed by atoms with Gasteiger partial charge in [0.1, 0.15) is 47.8 Å². The highest BCUT2D eigenvalue weighted by Gasteiger charge is 2.55. The second kappa shape index (κ2) is 36.2. The van der Waals surface area contributed by atoms with Crippen LogP contribution in [0.1, 0.15) is 187 Å². The minimum Gasteiger partial charge on any atom is -0.343 e. The first-order chi connectivity index (χ1) is 48.4. The van der Waals surface area contributed by atoms with E-state index in [1.165, 1.54) is 68.9 Å². The third kappa shape index (κ3) is 21.1. The number of alkyl halides is 5. The summed E-state index contributed by atoms with van der Waals surface area (Å²) in [5.41, 5.74) is -2.84. The van der Waals surface area contributed by atoms with Crippen LogP contribution in [0.4, 0.5) is 22.0 Å². The fourth-order valence-electron chi connectivity index (χ4n) is 15.8. The van der Waals surface area contributed by atoms with Crippen LogP contribution in [0.15, 0.2) is 18.2 Å². The number of amides is 12. The van der Waals surface area contributed by atoms with Crippen LogP contribution in [0, 0.1) is 23.7 Å². The molecule has 0 bridgehead atoms. The Bertz CT molecular complexity index is 3230. The van der Waals surface area contributed by atoms with Crippen molar-refractivity contribution in [1.82, 2.24) is 60.0 Å². The van der Waals surface area contributed by atoms with Crippen molar-refractivity contribution in [2.24, 2.45) is 23.7 Å².